The van der Waals surface area contributed by atoms with Crippen LogP contribution in [-0.2, 0) is 10.2 Å². The molecule has 1 amide bonds. The Morgan fingerprint density at radius 2 is 1.88 bits per heavy atom. The predicted octanol–water partition coefficient (Wildman–Crippen LogP) is 2.48. The van der Waals surface area contributed by atoms with Crippen LogP contribution in [0.4, 0.5) is 0 Å². The van der Waals surface area contributed by atoms with Crippen molar-refractivity contribution in [2.24, 2.45) is 17.6 Å². The second-order valence-electron chi connectivity index (χ2n) is 5.31. The summed E-state index contributed by atoms with van der Waals surface area (Å²) in [5.74, 6) is 0.305. The van der Waals surface area contributed by atoms with E-state index in [1.165, 1.54) is 5.56 Å². The number of amides is 1. The van der Waals surface area contributed by atoms with Crippen molar-refractivity contribution in [2.75, 3.05) is 0 Å². The standard InChI is InChI=1S/C14H19NO/c1-14(2,11-6-4-3-5-7-11)12(13(15)16)10-8-9-10/h3-7,10,12H,8-9H2,1-2H3,(H2,15,16). The van der Waals surface area contributed by atoms with Crippen LogP contribution in [0.25, 0.3) is 0 Å². The first-order valence-corrected chi connectivity index (χ1v) is 5.88. The molecule has 1 aliphatic carbocycles. The minimum Gasteiger partial charge on any atom is -0.369 e. The number of primary amides is 1. The number of benzene rings is 1. The number of nitrogens with two attached hydrogens (primary N) is 1. The van der Waals surface area contributed by atoms with Crippen molar-refractivity contribution in [1.82, 2.24) is 0 Å². The minimum absolute atomic E-state index is 0.0325. The van der Waals surface area contributed by atoms with E-state index >= 15 is 0 Å². The van der Waals surface area contributed by atoms with Gasteiger partial charge in [-0.05, 0) is 24.3 Å². The molecule has 1 unspecified atom stereocenters. The number of hydrogen-bond acceptors (Lipinski definition) is 1. The lowest BCUT2D eigenvalue weighted by Gasteiger charge is -2.33. The highest BCUT2D eigenvalue weighted by molar-refractivity contribution is 5.79. The van der Waals surface area contributed by atoms with Crippen LogP contribution >= 0.6 is 0 Å². The zero-order chi connectivity index (χ0) is 11.8. The highest BCUT2D eigenvalue weighted by atomic mass is 16.1. The molecule has 0 spiro atoms. The Labute approximate surface area is 96.8 Å². The molecule has 2 heteroatoms. The van der Waals surface area contributed by atoms with E-state index in [1.807, 2.05) is 18.2 Å². The van der Waals surface area contributed by atoms with Crippen molar-refractivity contribution in [3.63, 3.8) is 0 Å². The minimum atomic E-state index is -0.158. The van der Waals surface area contributed by atoms with Crippen molar-refractivity contribution in [3.05, 3.63) is 35.9 Å². The summed E-state index contributed by atoms with van der Waals surface area (Å²) in [5, 5.41) is 0. The molecule has 2 N–H and O–H groups in total. The van der Waals surface area contributed by atoms with Gasteiger partial charge in [0.2, 0.25) is 5.91 Å². The Balaban J connectivity index is 2.32. The van der Waals surface area contributed by atoms with Gasteiger partial charge in [-0.2, -0.15) is 0 Å². The van der Waals surface area contributed by atoms with Crippen LogP contribution in [0.3, 0.4) is 0 Å². The van der Waals surface area contributed by atoms with Crippen molar-refractivity contribution in [1.29, 1.82) is 0 Å². The van der Waals surface area contributed by atoms with E-state index in [2.05, 4.69) is 26.0 Å². The maximum Gasteiger partial charge on any atom is 0.221 e. The second kappa shape index (κ2) is 3.93. The van der Waals surface area contributed by atoms with Gasteiger partial charge in [0.15, 0.2) is 0 Å². The molecule has 0 bridgehead atoms. The predicted molar refractivity (Wildman–Crippen MR) is 64.9 cm³/mol. The Morgan fingerprint density at radius 3 is 2.31 bits per heavy atom. The number of carbonyl (C=O) groups excluding carboxylic acids is 1. The van der Waals surface area contributed by atoms with Gasteiger partial charge in [-0.1, -0.05) is 44.2 Å². The molecule has 0 heterocycles. The largest absolute Gasteiger partial charge is 0.369 e. The molecular weight excluding hydrogens is 198 g/mol. The summed E-state index contributed by atoms with van der Waals surface area (Å²) in [6.45, 7) is 4.24. The van der Waals surface area contributed by atoms with Crippen LogP contribution in [0, 0.1) is 11.8 Å². The molecule has 0 radical (unpaired) electrons. The van der Waals surface area contributed by atoms with Crippen molar-refractivity contribution < 1.29 is 4.79 Å². The lowest BCUT2D eigenvalue weighted by molar-refractivity contribution is -0.124. The lowest BCUT2D eigenvalue weighted by Crippen LogP contribution is -2.40. The summed E-state index contributed by atoms with van der Waals surface area (Å²) in [7, 11) is 0. The molecule has 0 aromatic heterocycles. The molecule has 1 fully saturated rings. The summed E-state index contributed by atoms with van der Waals surface area (Å²) >= 11 is 0. The molecule has 2 rings (SSSR count). The number of rotatable bonds is 4. The Morgan fingerprint density at radius 1 is 1.31 bits per heavy atom. The molecule has 1 aromatic carbocycles. The topological polar surface area (TPSA) is 43.1 Å². The molecular formula is C14H19NO. The van der Waals surface area contributed by atoms with E-state index in [0.717, 1.165) is 12.8 Å². The highest BCUT2D eigenvalue weighted by Crippen LogP contribution is 2.46. The van der Waals surface area contributed by atoms with Gasteiger partial charge < -0.3 is 5.73 Å². The first-order chi connectivity index (χ1) is 7.53. The molecule has 0 saturated heterocycles. The third kappa shape index (κ3) is 1.97. The third-order valence-electron chi connectivity index (χ3n) is 3.70. The Bertz CT molecular complexity index is 379. The van der Waals surface area contributed by atoms with E-state index in [4.69, 9.17) is 5.73 Å². The normalized spacial score (nSPS) is 18.1. The quantitative estimate of drug-likeness (QED) is 0.827. The lowest BCUT2D eigenvalue weighted by atomic mass is 9.71. The highest BCUT2D eigenvalue weighted by Gasteiger charge is 2.45. The van der Waals surface area contributed by atoms with Crippen LogP contribution < -0.4 is 5.73 Å². The van der Waals surface area contributed by atoms with Gasteiger partial charge in [0.1, 0.15) is 0 Å². The van der Waals surface area contributed by atoms with E-state index in [0.29, 0.717) is 5.92 Å². The van der Waals surface area contributed by atoms with E-state index < -0.39 is 0 Å². The fourth-order valence-corrected chi connectivity index (χ4v) is 2.65. The van der Waals surface area contributed by atoms with E-state index in [9.17, 15) is 4.79 Å². The average Bonchev–Trinajstić information content (AvgIpc) is 3.02. The van der Waals surface area contributed by atoms with Crippen molar-refractivity contribution >= 4 is 5.91 Å². The van der Waals surface area contributed by atoms with Gasteiger partial charge in [-0.25, -0.2) is 0 Å². The molecule has 1 atom stereocenters. The van der Waals surface area contributed by atoms with Gasteiger partial charge in [-0.3, -0.25) is 4.79 Å². The fourth-order valence-electron chi connectivity index (χ4n) is 2.65. The average molecular weight is 217 g/mol. The van der Waals surface area contributed by atoms with Crippen LogP contribution in [0.15, 0.2) is 30.3 Å². The maximum absolute atomic E-state index is 11.6. The van der Waals surface area contributed by atoms with Crippen LogP contribution in [0.1, 0.15) is 32.3 Å². The monoisotopic (exact) mass is 217 g/mol. The number of hydrogen-bond donors (Lipinski definition) is 1. The Hall–Kier alpha value is -1.31. The van der Waals surface area contributed by atoms with Gasteiger partial charge in [0, 0.05) is 11.3 Å². The van der Waals surface area contributed by atoms with Crippen LogP contribution in [-0.4, -0.2) is 5.91 Å². The van der Waals surface area contributed by atoms with Crippen LogP contribution in [0.2, 0.25) is 0 Å². The number of carbonyl (C=O) groups is 1. The SMILES string of the molecule is CC(C)(c1ccccc1)C(C(N)=O)C1CC1. The van der Waals surface area contributed by atoms with Crippen molar-refractivity contribution in [2.45, 2.75) is 32.1 Å². The Kier molecular flexibility index (Phi) is 2.75. The van der Waals surface area contributed by atoms with E-state index in [-0.39, 0.29) is 17.2 Å². The smallest absolute Gasteiger partial charge is 0.221 e. The summed E-state index contributed by atoms with van der Waals surface area (Å²) in [6, 6.07) is 10.2. The van der Waals surface area contributed by atoms with Gasteiger partial charge >= 0.3 is 0 Å². The fraction of sp³-hybridized carbons (Fsp3) is 0.500. The molecule has 1 aromatic rings. The van der Waals surface area contributed by atoms with Crippen LogP contribution in [0.5, 0.6) is 0 Å². The molecule has 1 saturated carbocycles. The summed E-state index contributed by atoms with van der Waals surface area (Å²) in [6.07, 6.45) is 2.29. The zero-order valence-electron chi connectivity index (χ0n) is 9.94. The second-order valence-corrected chi connectivity index (χ2v) is 5.31. The van der Waals surface area contributed by atoms with Crippen molar-refractivity contribution in [3.8, 4) is 0 Å². The molecule has 1 aliphatic rings. The first-order valence-electron chi connectivity index (χ1n) is 5.88. The molecule has 86 valence electrons. The summed E-state index contributed by atoms with van der Waals surface area (Å²) in [5.41, 5.74) is 6.60. The zero-order valence-corrected chi connectivity index (χ0v) is 9.94. The summed E-state index contributed by atoms with van der Waals surface area (Å²) in [4.78, 5) is 11.6. The molecule has 16 heavy (non-hydrogen) atoms. The third-order valence-corrected chi connectivity index (χ3v) is 3.70. The van der Waals surface area contributed by atoms with Gasteiger partial charge in [0.05, 0.1) is 0 Å². The van der Waals surface area contributed by atoms with E-state index in [1.54, 1.807) is 0 Å². The van der Waals surface area contributed by atoms with Gasteiger partial charge in [-0.15, -0.1) is 0 Å². The first kappa shape index (κ1) is 11.2. The maximum atomic E-state index is 11.6. The van der Waals surface area contributed by atoms with Gasteiger partial charge in [0.25, 0.3) is 0 Å². The molecule has 0 aliphatic heterocycles. The summed E-state index contributed by atoms with van der Waals surface area (Å²) < 4.78 is 0. The molecule has 2 nitrogen and oxygen atoms in total.